The first-order chi connectivity index (χ1) is 18.6. The van der Waals surface area contributed by atoms with Crippen molar-refractivity contribution in [1.82, 2.24) is 39.3 Å². The molecule has 12 nitrogen and oxygen atoms in total. The molecule has 6 heterocycles. The van der Waals surface area contributed by atoms with Gasteiger partial charge >= 0.3 is 0 Å². The minimum absolute atomic E-state index is 0.0924. The van der Waals surface area contributed by atoms with Crippen LogP contribution in [0.15, 0.2) is 24.3 Å². The van der Waals surface area contributed by atoms with Crippen molar-refractivity contribution in [3.05, 3.63) is 35.9 Å². The maximum atomic E-state index is 13.5. The third kappa shape index (κ3) is 3.82. The molecule has 0 radical (unpaired) electrons. The molecule has 3 saturated heterocycles. The number of para-hydroxylation sites is 2. The van der Waals surface area contributed by atoms with Crippen molar-refractivity contribution < 1.29 is 14.3 Å². The molecule has 1 N–H and O–H groups in total. The second-order valence-electron chi connectivity index (χ2n) is 10.1. The molecule has 0 aliphatic carbocycles. The number of fused-ring (bicyclic) bond motifs is 2. The first-order valence-electron chi connectivity index (χ1n) is 13.3. The number of rotatable bonds is 6. The summed E-state index contributed by atoms with van der Waals surface area (Å²) in [6, 6.07) is 8.70. The lowest BCUT2D eigenvalue weighted by Gasteiger charge is -2.42. The predicted octanol–water partition coefficient (Wildman–Crippen LogP) is 0.914. The summed E-state index contributed by atoms with van der Waals surface area (Å²) in [6.07, 6.45) is 0.731. The van der Waals surface area contributed by atoms with Crippen molar-refractivity contribution in [1.29, 1.82) is 0 Å². The zero-order valence-corrected chi connectivity index (χ0v) is 21.6. The van der Waals surface area contributed by atoms with Gasteiger partial charge in [0.2, 0.25) is 11.8 Å². The topological polar surface area (TPSA) is 115 Å². The van der Waals surface area contributed by atoms with Crippen LogP contribution in [0.4, 0.5) is 5.82 Å². The number of likely N-dealkylation sites (tertiary alicyclic amines) is 1. The van der Waals surface area contributed by atoms with E-state index in [0.29, 0.717) is 74.4 Å². The molecular weight excluding hydrogens is 486 g/mol. The van der Waals surface area contributed by atoms with Gasteiger partial charge in [0.05, 0.1) is 43.5 Å². The van der Waals surface area contributed by atoms with E-state index < -0.39 is 0 Å². The van der Waals surface area contributed by atoms with Gasteiger partial charge in [0.15, 0.2) is 17.0 Å². The van der Waals surface area contributed by atoms with Gasteiger partial charge in [-0.25, -0.2) is 9.97 Å². The van der Waals surface area contributed by atoms with E-state index in [4.69, 9.17) is 29.4 Å². The average Bonchev–Trinajstić information content (AvgIpc) is 3.44. The number of benzene rings is 1. The molecule has 7 rings (SSSR count). The smallest absolute Gasteiger partial charge is 0.290 e. The minimum atomic E-state index is -0.0924. The van der Waals surface area contributed by atoms with Crippen molar-refractivity contribution in [2.24, 2.45) is 7.05 Å². The van der Waals surface area contributed by atoms with E-state index in [0.717, 1.165) is 42.3 Å². The van der Waals surface area contributed by atoms with E-state index in [2.05, 4.69) is 17.1 Å². The molecule has 1 aromatic carbocycles. The lowest BCUT2D eigenvalue weighted by atomic mass is 10.1. The van der Waals surface area contributed by atoms with Gasteiger partial charge in [-0.3, -0.25) is 9.36 Å². The molecule has 0 unspecified atom stereocenters. The Hall–Kier alpha value is -3.61. The summed E-state index contributed by atoms with van der Waals surface area (Å²) < 4.78 is 14.7. The summed E-state index contributed by atoms with van der Waals surface area (Å²) in [5, 5.41) is 3.54. The second-order valence-corrected chi connectivity index (χ2v) is 10.1. The second kappa shape index (κ2) is 9.29. The molecule has 0 bridgehead atoms. The number of aromatic nitrogens is 6. The van der Waals surface area contributed by atoms with Crippen LogP contribution in [-0.4, -0.2) is 105 Å². The number of aryl methyl sites for hydroxylation is 2. The Balaban J connectivity index is 1.30. The molecule has 12 heteroatoms. The zero-order chi connectivity index (χ0) is 25.8. The van der Waals surface area contributed by atoms with Crippen LogP contribution in [0, 0.1) is 0 Å². The monoisotopic (exact) mass is 517 g/mol. The first-order valence-corrected chi connectivity index (χ1v) is 13.3. The number of anilines is 1. The summed E-state index contributed by atoms with van der Waals surface area (Å²) >= 11 is 0. The van der Waals surface area contributed by atoms with Gasteiger partial charge in [-0.05, 0) is 12.1 Å². The predicted molar refractivity (Wildman–Crippen MR) is 141 cm³/mol. The number of nitrogens with one attached hydrogen (secondary N) is 1. The number of hydrogen-bond donors (Lipinski definition) is 1. The Morgan fingerprint density at radius 1 is 1.03 bits per heavy atom. The Morgan fingerprint density at radius 3 is 2.55 bits per heavy atom. The summed E-state index contributed by atoms with van der Waals surface area (Å²) in [5.74, 6) is 2.41. The number of ether oxygens (including phenoxy) is 2. The van der Waals surface area contributed by atoms with E-state index in [1.54, 1.807) is 4.57 Å². The summed E-state index contributed by atoms with van der Waals surface area (Å²) in [4.78, 5) is 37.2. The number of imidazole rings is 2. The molecule has 3 fully saturated rings. The molecule has 198 valence electrons. The van der Waals surface area contributed by atoms with Gasteiger partial charge < -0.3 is 29.2 Å². The highest BCUT2D eigenvalue weighted by atomic mass is 16.5. The minimum Gasteiger partial charge on any atom is -0.378 e. The Morgan fingerprint density at radius 2 is 1.82 bits per heavy atom. The van der Waals surface area contributed by atoms with Crippen molar-refractivity contribution in [3.8, 4) is 5.95 Å². The van der Waals surface area contributed by atoms with E-state index in [-0.39, 0.29) is 5.91 Å². The third-order valence-electron chi connectivity index (χ3n) is 7.62. The molecular formula is C26H31N9O3. The number of hydrogen-bond acceptors (Lipinski definition) is 9. The zero-order valence-electron chi connectivity index (χ0n) is 21.6. The van der Waals surface area contributed by atoms with Crippen molar-refractivity contribution in [2.75, 3.05) is 57.5 Å². The highest BCUT2D eigenvalue weighted by molar-refractivity contribution is 5.97. The van der Waals surface area contributed by atoms with E-state index in [9.17, 15) is 4.79 Å². The number of carbonyl (C=O) groups is 1. The Bertz CT molecular complexity index is 1510. The molecule has 0 atom stereocenters. The van der Waals surface area contributed by atoms with Crippen molar-refractivity contribution in [3.63, 3.8) is 0 Å². The molecule has 4 aromatic rings. The van der Waals surface area contributed by atoms with Gasteiger partial charge in [0.1, 0.15) is 5.82 Å². The highest BCUT2D eigenvalue weighted by Crippen LogP contribution is 2.29. The van der Waals surface area contributed by atoms with E-state index in [1.165, 1.54) is 0 Å². The highest BCUT2D eigenvalue weighted by Gasteiger charge is 2.36. The van der Waals surface area contributed by atoms with Gasteiger partial charge in [0, 0.05) is 45.7 Å². The Kier molecular flexibility index (Phi) is 5.75. The number of morpholine rings is 1. The lowest BCUT2D eigenvalue weighted by molar-refractivity contribution is -0.0211. The van der Waals surface area contributed by atoms with Gasteiger partial charge in [0.25, 0.3) is 5.91 Å². The average molecular weight is 518 g/mol. The fraction of sp³-hybridized carbons (Fsp3) is 0.500. The van der Waals surface area contributed by atoms with Gasteiger partial charge in [-0.2, -0.15) is 9.97 Å². The first kappa shape index (κ1) is 23.5. The summed E-state index contributed by atoms with van der Waals surface area (Å²) in [6.45, 7) is 7.50. The van der Waals surface area contributed by atoms with Crippen LogP contribution in [0.2, 0.25) is 0 Å². The largest absolute Gasteiger partial charge is 0.378 e. The number of amides is 1. The summed E-state index contributed by atoms with van der Waals surface area (Å²) in [5.41, 5.74) is 3.11. The normalized spacial score (nSPS) is 18.8. The number of nitrogens with zero attached hydrogens (tertiary/aromatic N) is 8. The maximum Gasteiger partial charge on any atom is 0.290 e. The molecule has 3 aromatic heterocycles. The van der Waals surface area contributed by atoms with Gasteiger partial charge in [-0.1, -0.05) is 19.1 Å². The van der Waals surface area contributed by atoms with Crippen LogP contribution < -0.4 is 10.2 Å². The van der Waals surface area contributed by atoms with Crippen molar-refractivity contribution in [2.45, 2.75) is 25.4 Å². The summed E-state index contributed by atoms with van der Waals surface area (Å²) in [7, 11) is 1.86. The molecule has 0 spiro atoms. The van der Waals surface area contributed by atoms with Crippen LogP contribution in [-0.2, 0) is 22.9 Å². The van der Waals surface area contributed by atoms with Crippen LogP contribution in [0.5, 0.6) is 0 Å². The van der Waals surface area contributed by atoms with Gasteiger partial charge in [-0.15, -0.1) is 0 Å². The van der Waals surface area contributed by atoms with Crippen molar-refractivity contribution >= 4 is 33.9 Å². The molecule has 3 aliphatic rings. The fourth-order valence-electron chi connectivity index (χ4n) is 5.42. The van der Waals surface area contributed by atoms with Crippen LogP contribution in [0.1, 0.15) is 23.4 Å². The van der Waals surface area contributed by atoms with Crippen LogP contribution in [0.25, 0.3) is 28.1 Å². The number of carbonyl (C=O) groups excluding carboxylic acids is 1. The molecule has 38 heavy (non-hydrogen) atoms. The fourth-order valence-corrected chi connectivity index (χ4v) is 5.42. The SMILES string of the molecule is CCc1nc2ccccc2n1-c1nc(N2CCOCC2)c2nc(C(=O)N3CC(NC4COC4)C3)n(C)c2n1. The van der Waals surface area contributed by atoms with Crippen LogP contribution in [0.3, 0.4) is 0 Å². The quantitative estimate of drug-likeness (QED) is 0.399. The molecule has 3 aliphatic heterocycles. The van der Waals surface area contributed by atoms with E-state index >= 15 is 0 Å². The maximum absolute atomic E-state index is 13.5. The van der Waals surface area contributed by atoms with E-state index in [1.807, 2.05) is 40.8 Å². The molecule has 1 amide bonds. The molecule has 0 saturated carbocycles. The third-order valence-corrected chi connectivity index (χ3v) is 7.62. The standard InChI is InChI=1S/C26H31N9O3/c1-3-20-28-18-6-4-5-7-19(18)35(20)26-30-22-21(23(31-26)33-8-10-37-11-9-33)29-24(32(22)2)25(36)34-12-16(13-34)27-17-14-38-15-17/h4-7,16-17,27H,3,8-15H2,1-2H3. The van der Waals surface area contributed by atoms with Crippen LogP contribution >= 0.6 is 0 Å². The lowest BCUT2D eigenvalue weighted by Crippen LogP contribution is -2.64. The Labute approximate surface area is 219 Å².